The van der Waals surface area contributed by atoms with Crippen molar-refractivity contribution in [2.45, 2.75) is 25.8 Å². The van der Waals surface area contributed by atoms with Gasteiger partial charge in [-0.2, -0.15) is 0 Å². The molecule has 0 bridgehead atoms. The highest BCUT2D eigenvalue weighted by atomic mass is 16.1. The maximum atomic E-state index is 12.4. The molecular weight excluding hydrogens is 266 g/mol. The minimum atomic E-state index is -0.159. The normalized spacial score (nSPS) is 14.0. The topological polar surface area (TPSA) is 63.1 Å². The van der Waals surface area contributed by atoms with Crippen molar-refractivity contribution in [3.8, 4) is 0 Å². The molecule has 6 nitrogen and oxygen atoms in total. The van der Waals surface area contributed by atoms with Gasteiger partial charge in [0.05, 0.1) is 0 Å². The van der Waals surface area contributed by atoms with Crippen LogP contribution in [-0.2, 0) is 0 Å². The van der Waals surface area contributed by atoms with E-state index >= 15 is 0 Å². The number of rotatable bonds is 4. The molecule has 110 valence electrons. The number of nitrogens with zero attached hydrogens (tertiary/aromatic N) is 4. The molecule has 1 N–H and O–H groups in total. The number of hydrogen-bond acceptors (Lipinski definition) is 4. The van der Waals surface area contributed by atoms with E-state index in [9.17, 15) is 4.79 Å². The molecule has 0 unspecified atom stereocenters. The molecule has 1 fully saturated rings. The van der Waals surface area contributed by atoms with Crippen molar-refractivity contribution in [1.82, 2.24) is 14.8 Å². The van der Waals surface area contributed by atoms with Crippen LogP contribution in [0.15, 0.2) is 24.3 Å². The lowest BCUT2D eigenvalue weighted by molar-refractivity contribution is 0.102. The Balaban J connectivity index is 1.82. The van der Waals surface area contributed by atoms with Gasteiger partial charge in [0.15, 0.2) is 0 Å². The maximum absolute atomic E-state index is 12.4. The second-order valence-corrected chi connectivity index (χ2v) is 5.57. The predicted octanol–water partition coefficient (Wildman–Crippen LogP) is 2.24. The zero-order valence-corrected chi connectivity index (χ0v) is 12.5. The van der Waals surface area contributed by atoms with Crippen molar-refractivity contribution in [3.05, 3.63) is 35.7 Å². The molecule has 0 atom stereocenters. The maximum Gasteiger partial charge on any atom is 0.258 e. The Kier molecular flexibility index (Phi) is 3.37. The predicted molar refractivity (Wildman–Crippen MR) is 81.8 cm³/mol. The fraction of sp³-hybridized carbons (Fsp3) is 0.400. The molecule has 0 aliphatic heterocycles. The summed E-state index contributed by atoms with van der Waals surface area (Å²) in [5, 5.41) is 11.0. The van der Waals surface area contributed by atoms with Crippen molar-refractivity contribution in [3.63, 3.8) is 0 Å². The zero-order valence-electron chi connectivity index (χ0n) is 12.5. The Hall–Kier alpha value is -2.37. The molecule has 1 aliphatic carbocycles. The summed E-state index contributed by atoms with van der Waals surface area (Å²) in [6.07, 6.45) is 2.25. The van der Waals surface area contributed by atoms with Crippen LogP contribution in [0.25, 0.3) is 0 Å². The third kappa shape index (κ3) is 2.74. The van der Waals surface area contributed by atoms with E-state index in [2.05, 4.69) is 15.5 Å². The highest BCUT2D eigenvalue weighted by molar-refractivity contribution is 6.04. The zero-order chi connectivity index (χ0) is 15.0. The van der Waals surface area contributed by atoms with E-state index in [-0.39, 0.29) is 5.91 Å². The summed E-state index contributed by atoms with van der Waals surface area (Å²) < 4.78 is 2.01. The van der Waals surface area contributed by atoms with Crippen LogP contribution in [0.5, 0.6) is 0 Å². The van der Waals surface area contributed by atoms with Gasteiger partial charge in [-0.3, -0.25) is 14.7 Å². The lowest BCUT2D eigenvalue weighted by Gasteiger charge is -2.13. The Labute approximate surface area is 123 Å². The third-order valence-electron chi connectivity index (χ3n) is 3.63. The molecule has 1 aliphatic rings. The fourth-order valence-electron chi connectivity index (χ4n) is 2.32. The van der Waals surface area contributed by atoms with Gasteiger partial charge in [0.2, 0.25) is 5.95 Å². The Bertz CT molecular complexity index is 672. The molecule has 0 radical (unpaired) electrons. The molecule has 0 saturated heterocycles. The molecule has 6 heteroatoms. The average Bonchev–Trinajstić information content (AvgIpc) is 3.24. The van der Waals surface area contributed by atoms with E-state index in [1.54, 1.807) is 6.07 Å². The van der Waals surface area contributed by atoms with E-state index < -0.39 is 0 Å². The molecule has 1 amide bonds. The Morgan fingerprint density at radius 2 is 2.10 bits per heavy atom. The Morgan fingerprint density at radius 1 is 1.33 bits per heavy atom. The van der Waals surface area contributed by atoms with Gasteiger partial charge in [-0.15, -0.1) is 10.2 Å². The van der Waals surface area contributed by atoms with Gasteiger partial charge in [-0.1, -0.05) is 6.07 Å². The lowest BCUT2D eigenvalue weighted by atomic mass is 10.2. The first-order chi connectivity index (χ1) is 10.1. The molecular formula is C15H19N5O. The van der Waals surface area contributed by atoms with Gasteiger partial charge in [-0.25, -0.2) is 0 Å². The van der Waals surface area contributed by atoms with Gasteiger partial charge in [0.25, 0.3) is 5.91 Å². The number of benzene rings is 1. The number of aryl methyl sites for hydroxylation is 1. The fourth-order valence-corrected chi connectivity index (χ4v) is 2.32. The molecule has 0 spiro atoms. The standard InChI is InChI=1S/C15H19N5O/c1-10-17-18-15(20(10)12-7-8-12)16-14(21)11-5-4-6-13(9-11)19(2)3/h4-6,9,12H,7-8H2,1-3H3,(H,16,18,21). The summed E-state index contributed by atoms with van der Waals surface area (Å²) in [5.74, 6) is 1.22. The minimum absolute atomic E-state index is 0.159. The van der Waals surface area contributed by atoms with E-state index in [0.29, 0.717) is 17.6 Å². The number of carbonyl (C=O) groups is 1. The van der Waals surface area contributed by atoms with Gasteiger partial charge in [0, 0.05) is 31.4 Å². The van der Waals surface area contributed by atoms with Crippen LogP contribution in [0.4, 0.5) is 11.6 Å². The van der Waals surface area contributed by atoms with Gasteiger partial charge in [0.1, 0.15) is 5.82 Å². The second-order valence-electron chi connectivity index (χ2n) is 5.57. The first kappa shape index (κ1) is 13.6. The smallest absolute Gasteiger partial charge is 0.258 e. The minimum Gasteiger partial charge on any atom is -0.378 e. The van der Waals surface area contributed by atoms with Crippen LogP contribution < -0.4 is 10.2 Å². The van der Waals surface area contributed by atoms with Crippen LogP contribution in [0, 0.1) is 6.92 Å². The van der Waals surface area contributed by atoms with Crippen LogP contribution >= 0.6 is 0 Å². The van der Waals surface area contributed by atoms with Gasteiger partial charge >= 0.3 is 0 Å². The monoisotopic (exact) mass is 285 g/mol. The van der Waals surface area contributed by atoms with E-state index in [0.717, 1.165) is 24.4 Å². The summed E-state index contributed by atoms with van der Waals surface area (Å²) in [4.78, 5) is 14.3. The average molecular weight is 285 g/mol. The van der Waals surface area contributed by atoms with Crippen molar-refractivity contribution < 1.29 is 4.79 Å². The molecule has 1 saturated carbocycles. The number of anilines is 2. The molecule has 2 aromatic rings. The molecule has 1 aromatic carbocycles. The lowest BCUT2D eigenvalue weighted by Crippen LogP contribution is -2.17. The number of hydrogen-bond donors (Lipinski definition) is 1. The van der Waals surface area contributed by atoms with E-state index in [4.69, 9.17) is 0 Å². The van der Waals surface area contributed by atoms with Crippen LogP contribution in [-0.4, -0.2) is 34.8 Å². The summed E-state index contributed by atoms with van der Waals surface area (Å²) in [7, 11) is 3.90. The van der Waals surface area contributed by atoms with Crippen molar-refractivity contribution in [2.75, 3.05) is 24.3 Å². The summed E-state index contributed by atoms with van der Waals surface area (Å²) in [6, 6.07) is 7.94. The van der Waals surface area contributed by atoms with Crippen LogP contribution in [0.1, 0.15) is 35.1 Å². The summed E-state index contributed by atoms with van der Waals surface area (Å²) >= 11 is 0. The molecule has 3 rings (SSSR count). The molecule has 1 aromatic heterocycles. The first-order valence-corrected chi connectivity index (χ1v) is 7.06. The highest BCUT2D eigenvalue weighted by Crippen LogP contribution is 2.37. The van der Waals surface area contributed by atoms with Crippen LogP contribution in [0.3, 0.4) is 0 Å². The second kappa shape index (κ2) is 5.20. The largest absolute Gasteiger partial charge is 0.378 e. The van der Waals surface area contributed by atoms with Gasteiger partial charge < -0.3 is 4.90 Å². The van der Waals surface area contributed by atoms with Crippen LogP contribution in [0.2, 0.25) is 0 Å². The van der Waals surface area contributed by atoms with Gasteiger partial charge in [-0.05, 0) is 38.0 Å². The van der Waals surface area contributed by atoms with E-state index in [1.165, 1.54) is 0 Å². The van der Waals surface area contributed by atoms with Crippen molar-refractivity contribution >= 4 is 17.5 Å². The molecule has 1 heterocycles. The first-order valence-electron chi connectivity index (χ1n) is 7.06. The van der Waals surface area contributed by atoms with E-state index in [1.807, 2.05) is 48.7 Å². The summed E-state index contributed by atoms with van der Waals surface area (Å²) in [5.41, 5.74) is 1.60. The molecule has 21 heavy (non-hydrogen) atoms. The number of aromatic nitrogens is 3. The van der Waals surface area contributed by atoms with Crippen molar-refractivity contribution in [1.29, 1.82) is 0 Å². The number of carbonyl (C=O) groups excluding carboxylic acids is 1. The quantitative estimate of drug-likeness (QED) is 0.935. The number of amides is 1. The Morgan fingerprint density at radius 3 is 2.76 bits per heavy atom. The third-order valence-corrected chi connectivity index (χ3v) is 3.63. The van der Waals surface area contributed by atoms with Crippen molar-refractivity contribution in [2.24, 2.45) is 0 Å². The SMILES string of the molecule is Cc1nnc(NC(=O)c2cccc(N(C)C)c2)n1C1CC1. The number of nitrogens with one attached hydrogen (secondary N) is 1. The highest BCUT2D eigenvalue weighted by Gasteiger charge is 2.28. The summed E-state index contributed by atoms with van der Waals surface area (Å²) in [6.45, 7) is 1.91.